The summed E-state index contributed by atoms with van der Waals surface area (Å²) < 4.78 is 23.0. The van der Waals surface area contributed by atoms with Crippen LogP contribution in [-0.2, 0) is 15.7 Å². The predicted molar refractivity (Wildman–Crippen MR) is 76.1 cm³/mol. The Hall–Kier alpha value is -0.740. The zero-order valence-electron chi connectivity index (χ0n) is 10.5. The topological polar surface area (TPSA) is 37.4 Å². The summed E-state index contributed by atoms with van der Waals surface area (Å²) in [4.78, 5) is 2.23. The van der Waals surface area contributed by atoms with E-state index in [0.717, 1.165) is 24.3 Å². The first-order chi connectivity index (χ1) is 8.50. The SMILES string of the molecule is CS(=O)(=O)C1CCN(c2cccc(CCl)c2)CC1. The highest BCUT2D eigenvalue weighted by Gasteiger charge is 2.26. The van der Waals surface area contributed by atoms with Crippen LogP contribution in [0.1, 0.15) is 18.4 Å². The van der Waals surface area contributed by atoms with Crippen molar-refractivity contribution < 1.29 is 8.42 Å². The molecule has 18 heavy (non-hydrogen) atoms. The first kappa shape index (κ1) is 13.7. The fourth-order valence-electron chi connectivity index (χ4n) is 2.38. The molecule has 0 aromatic heterocycles. The van der Waals surface area contributed by atoms with Crippen LogP contribution in [0.5, 0.6) is 0 Å². The average Bonchev–Trinajstić information content (AvgIpc) is 2.38. The van der Waals surface area contributed by atoms with Gasteiger partial charge >= 0.3 is 0 Å². The third-order valence-electron chi connectivity index (χ3n) is 3.48. The number of sulfone groups is 1. The molecular formula is C13H18ClNO2S. The van der Waals surface area contributed by atoms with E-state index in [0.29, 0.717) is 18.7 Å². The van der Waals surface area contributed by atoms with E-state index in [4.69, 9.17) is 11.6 Å². The molecular weight excluding hydrogens is 270 g/mol. The van der Waals surface area contributed by atoms with Crippen molar-refractivity contribution in [3.8, 4) is 0 Å². The minimum Gasteiger partial charge on any atom is -0.371 e. The van der Waals surface area contributed by atoms with E-state index in [1.54, 1.807) is 0 Å². The molecule has 0 saturated carbocycles. The first-order valence-corrected chi connectivity index (χ1v) is 8.58. The summed E-state index contributed by atoms with van der Waals surface area (Å²) in [6.45, 7) is 1.59. The fourth-order valence-corrected chi connectivity index (χ4v) is 3.61. The standard InChI is InChI=1S/C13H18ClNO2S/c1-18(16,17)13-5-7-15(8-6-13)12-4-2-3-11(9-12)10-14/h2-4,9,13H,5-8,10H2,1H3. The highest BCUT2D eigenvalue weighted by atomic mass is 35.5. The van der Waals surface area contributed by atoms with E-state index in [1.807, 2.05) is 12.1 Å². The number of hydrogen-bond donors (Lipinski definition) is 0. The Labute approximate surface area is 114 Å². The minimum absolute atomic E-state index is 0.176. The van der Waals surface area contributed by atoms with Crippen LogP contribution in [0.3, 0.4) is 0 Å². The number of halogens is 1. The molecule has 2 rings (SSSR count). The number of benzene rings is 1. The van der Waals surface area contributed by atoms with E-state index in [-0.39, 0.29) is 5.25 Å². The van der Waals surface area contributed by atoms with E-state index in [9.17, 15) is 8.42 Å². The Morgan fingerprint density at radius 3 is 2.56 bits per heavy atom. The highest BCUT2D eigenvalue weighted by molar-refractivity contribution is 7.91. The number of hydrogen-bond acceptors (Lipinski definition) is 3. The molecule has 0 bridgehead atoms. The molecule has 1 aliphatic heterocycles. The lowest BCUT2D eigenvalue weighted by Crippen LogP contribution is -2.39. The maximum absolute atomic E-state index is 11.5. The van der Waals surface area contributed by atoms with Gasteiger partial charge in [-0.15, -0.1) is 11.6 Å². The largest absolute Gasteiger partial charge is 0.371 e. The fraction of sp³-hybridized carbons (Fsp3) is 0.538. The van der Waals surface area contributed by atoms with E-state index < -0.39 is 9.84 Å². The Balaban J connectivity index is 2.05. The van der Waals surface area contributed by atoms with Gasteiger partial charge in [0, 0.05) is 30.9 Å². The van der Waals surface area contributed by atoms with Crippen LogP contribution >= 0.6 is 11.6 Å². The van der Waals surface area contributed by atoms with Crippen molar-refractivity contribution in [1.82, 2.24) is 0 Å². The lowest BCUT2D eigenvalue weighted by molar-refractivity contribution is 0.534. The van der Waals surface area contributed by atoms with Gasteiger partial charge in [0.1, 0.15) is 9.84 Å². The zero-order valence-corrected chi connectivity index (χ0v) is 12.0. The van der Waals surface area contributed by atoms with Crippen LogP contribution in [-0.4, -0.2) is 33.0 Å². The summed E-state index contributed by atoms with van der Waals surface area (Å²) in [5.41, 5.74) is 2.24. The molecule has 5 heteroatoms. The molecule has 0 unspecified atom stereocenters. The smallest absolute Gasteiger partial charge is 0.150 e. The second kappa shape index (κ2) is 5.49. The maximum Gasteiger partial charge on any atom is 0.150 e. The van der Waals surface area contributed by atoms with Gasteiger partial charge in [0.25, 0.3) is 0 Å². The molecule has 100 valence electrons. The summed E-state index contributed by atoms with van der Waals surface area (Å²) in [5.74, 6) is 0.508. The number of alkyl halides is 1. The third-order valence-corrected chi connectivity index (χ3v) is 5.47. The molecule has 0 spiro atoms. The molecule has 0 radical (unpaired) electrons. The normalized spacial score (nSPS) is 18.0. The van der Waals surface area contributed by atoms with Gasteiger partial charge in [-0.1, -0.05) is 12.1 Å². The first-order valence-electron chi connectivity index (χ1n) is 6.09. The molecule has 0 atom stereocenters. The Kier molecular flexibility index (Phi) is 4.17. The van der Waals surface area contributed by atoms with Crippen LogP contribution in [0, 0.1) is 0 Å². The van der Waals surface area contributed by atoms with Crippen molar-refractivity contribution in [1.29, 1.82) is 0 Å². The monoisotopic (exact) mass is 287 g/mol. The van der Waals surface area contributed by atoms with Crippen molar-refractivity contribution in [3.63, 3.8) is 0 Å². The average molecular weight is 288 g/mol. The van der Waals surface area contributed by atoms with Crippen LogP contribution in [0.25, 0.3) is 0 Å². The van der Waals surface area contributed by atoms with Gasteiger partial charge in [0.05, 0.1) is 5.25 Å². The quantitative estimate of drug-likeness (QED) is 0.802. The summed E-state index contributed by atoms with van der Waals surface area (Å²) in [5, 5.41) is -0.176. The molecule has 0 amide bonds. The van der Waals surface area contributed by atoms with Crippen molar-refractivity contribution in [2.45, 2.75) is 24.0 Å². The number of rotatable bonds is 3. The lowest BCUT2D eigenvalue weighted by atomic mass is 10.1. The van der Waals surface area contributed by atoms with Crippen LogP contribution in [0.15, 0.2) is 24.3 Å². The van der Waals surface area contributed by atoms with Gasteiger partial charge in [0.15, 0.2) is 0 Å². The van der Waals surface area contributed by atoms with Crippen molar-refractivity contribution >= 4 is 27.1 Å². The Morgan fingerprint density at radius 1 is 1.33 bits per heavy atom. The second-order valence-corrected chi connectivity index (χ2v) is 7.41. The molecule has 0 N–H and O–H groups in total. The maximum atomic E-state index is 11.5. The summed E-state index contributed by atoms with van der Waals surface area (Å²) >= 11 is 5.82. The van der Waals surface area contributed by atoms with Gasteiger partial charge in [0.2, 0.25) is 0 Å². The van der Waals surface area contributed by atoms with Crippen molar-refractivity contribution in [3.05, 3.63) is 29.8 Å². The number of piperidine rings is 1. The van der Waals surface area contributed by atoms with Gasteiger partial charge in [-0.25, -0.2) is 8.42 Å². The number of anilines is 1. The van der Waals surface area contributed by atoms with Crippen molar-refractivity contribution in [2.75, 3.05) is 24.2 Å². The Morgan fingerprint density at radius 2 is 2.00 bits per heavy atom. The van der Waals surface area contributed by atoms with Crippen LogP contribution in [0.2, 0.25) is 0 Å². The molecule has 1 fully saturated rings. The van der Waals surface area contributed by atoms with Crippen LogP contribution in [0.4, 0.5) is 5.69 Å². The number of nitrogens with zero attached hydrogens (tertiary/aromatic N) is 1. The molecule has 1 aliphatic rings. The van der Waals surface area contributed by atoms with Gasteiger partial charge in [-0.2, -0.15) is 0 Å². The van der Waals surface area contributed by atoms with Gasteiger partial charge in [-0.05, 0) is 30.5 Å². The van der Waals surface area contributed by atoms with E-state index in [2.05, 4.69) is 17.0 Å². The van der Waals surface area contributed by atoms with Crippen molar-refractivity contribution in [2.24, 2.45) is 0 Å². The molecule has 1 aromatic carbocycles. The van der Waals surface area contributed by atoms with Gasteiger partial charge in [-0.3, -0.25) is 0 Å². The van der Waals surface area contributed by atoms with E-state index in [1.165, 1.54) is 6.26 Å². The zero-order chi connectivity index (χ0) is 13.2. The molecule has 3 nitrogen and oxygen atoms in total. The van der Waals surface area contributed by atoms with E-state index >= 15 is 0 Å². The molecule has 1 heterocycles. The third kappa shape index (κ3) is 3.18. The lowest BCUT2D eigenvalue weighted by Gasteiger charge is -2.33. The summed E-state index contributed by atoms with van der Waals surface area (Å²) in [6.07, 6.45) is 2.76. The molecule has 1 saturated heterocycles. The second-order valence-electron chi connectivity index (χ2n) is 4.82. The molecule has 1 aromatic rings. The van der Waals surface area contributed by atoms with Crippen LogP contribution < -0.4 is 4.90 Å². The highest BCUT2D eigenvalue weighted by Crippen LogP contribution is 2.24. The summed E-state index contributed by atoms with van der Waals surface area (Å²) in [7, 11) is -2.89. The van der Waals surface area contributed by atoms with Gasteiger partial charge < -0.3 is 4.90 Å². The Bertz CT molecular complexity index is 507. The molecule has 0 aliphatic carbocycles. The minimum atomic E-state index is -2.89. The summed E-state index contributed by atoms with van der Waals surface area (Å²) in [6, 6.07) is 8.13. The predicted octanol–water partition coefficient (Wildman–Crippen LogP) is 2.44.